The molecule has 1 aromatic carbocycles. The number of benzene rings is 1. The molecule has 0 saturated carbocycles. The van der Waals surface area contributed by atoms with Crippen molar-refractivity contribution in [2.75, 3.05) is 19.7 Å². The van der Waals surface area contributed by atoms with Gasteiger partial charge in [0.05, 0.1) is 19.1 Å². The lowest BCUT2D eigenvalue weighted by molar-refractivity contribution is -0.138. The van der Waals surface area contributed by atoms with Crippen LogP contribution in [0, 0.1) is 5.82 Å². The van der Waals surface area contributed by atoms with Crippen LogP contribution in [0.2, 0.25) is 0 Å². The highest BCUT2D eigenvalue weighted by Crippen LogP contribution is 2.20. The number of carboxylic acid groups (broad SMARTS) is 1. The second kappa shape index (κ2) is 7.87. The predicted molar refractivity (Wildman–Crippen MR) is 80.6 cm³/mol. The van der Waals surface area contributed by atoms with Crippen LogP contribution in [0.3, 0.4) is 0 Å². The maximum absolute atomic E-state index is 13.8. The number of likely N-dealkylation sites (tertiary alicyclic amines) is 1. The summed E-state index contributed by atoms with van der Waals surface area (Å²) in [5.74, 6) is -1.03. The number of hydrogen-bond donors (Lipinski definition) is 1. The van der Waals surface area contributed by atoms with Crippen molar-refractivity contribution in [1.82, 2.24) is 4.90 Å². The van der Waals surface area contributed by atoms with Crippen molar-refractivity contribution in [3.8, 4) is 0 Å². The first-order valence-electron chi connectivity index (χ1n) is 7.04. The molecule has 4 nitrogen and oxygen atoms in total. The van der Waals surface area contributed by atoms with Gasteiger partial charge in [-0.05, 0) is 25.0 Å². The number of carboxylic acids is 1. The number of piperidine rings is 1. The van der Waals surface area contributed by atoms with Gasteiger partial charge >= 0.3 is 5.97 Å². The van der Waals surface area contributed by atoms with E-state index in [1.165, 1.54) is 6.07 Å². The van der Waals surface area contributed by atoms with Crippen LogP contribution in [0.1, 0.15) is 24.8 Å². The highest BCUT2D eigenvalue weighted by Gasteiger charge is 2.20. The first-order valence-corrected chi connectivity index (χ1v) is 7.83. The summed E-state index contributed by atoms with van der Waals surface area (Å²) in [6, 6.07) is 5.13. The molecule has 0 aromatic heterocycles. The summed E-state index contributed by atoms with van der Waals surface area (Å²) < 4.78 is 20.1. The topological polar surface area (TPSA) is 49.8 Å². The van der Waals surface area contributed by atoms with Gasteiger partial charge in [-0.25, -0.2) is 4.39 Å². The van der Waals surface area contributed by atoms with Crippen LogP contribution < -0.4 is 0 Å². The first kappa shape index (κ1) is 16.4. The number of halogens is 2. The third kappa shape index (κ3) is 5.37. The van der Waals surface area contributed by atoms with Gasteiger partial charge in [0.2, 0.25) is 0 Å². The van der Waals surface area contributed by atoms with E-state index in [-0.39, 0.29) is 24.9 Å². The van der Waals surface area contributed by atoms with Crippen molar-refractivity contribution >= 4 is 21.9 Å². The van der Waals surface area contributed by atoms with Crippen LogP contribution in [-0.2, 0) is 16.1 Å². The molecule has 0 radical (unpaired) electrons. The molecule has 0 aliphatic carbocycles. The molecule has 0 amide bonds. The molecule has 1 aromatic rings. The maximum Gasteiger partial charge on any atom is 0.305 e. The molecule has 116 valence electrons. The number of rotatable bonds is 6. The van der Waals surface area contributed by atoms with E-state index in [0.29, 0.717) is 12.1 Å². The number of hydrogen-bond acceptors (Lipinski definition) is 3. The molecule has 0 bridgehead atoms. The molecule has 1 aliphatic heterocycles. The number of nitrogens with zero attached hydrogens (tertiary/aromatic N) is 1. The summed E-state index contributed by atoms with van der Waals surface area (Å²) in [5, 5.41) is 8.57. The number of carbonyl (C=O) groups is 1. The van der Waals surface area contributed by atoms with Crippen molar-refractivity contribution in [2.45, 2.75) is 31.9 Å². The molecule has 21 heavy (non-hydrogen) atoms. The predicted octanol–water partition coefficient (Wildman–Crippen LogP) is 3.04. The lowest BCUT2D eigenvalue weighted by Gasteiger charge is -2.31. The Hall–Kier alpha value is -0.980. The zero-order valence-electron chi connectivity index (χ0n) is 11.7. The van der Waals surface area contributed by atoms with E-state index in [1.54, 1.807) is 6.07 Å². The van der Waals surface area contributed by atoms with Gasteiger partial charge in [-0.1, -0.05) is 22.0 Å². The molecule has 6 heteroatoms. The molecule has 0 atom stereocenters. The SMILES string of the molecule is O=C(O)CCOC1CCN(Cc2ccc(Br)cc2F)CC1. The zero-order chi connectivity index (χ0) is 15.2. The van der Waals surface area contributed by atoms with Crippen molar-refractivity contribution in [3.05, 3.63) is 34.1 Å². The fourth-order valence-corrected chi connectivity index (χ4v) is 2.77. The zero-order valence-corrected chi connectivity index (χ0v) is 13.3. The van der Waals surface area contributed by atoms with Gasteiger partial charge in [0.1, 0.15) is 5.82 Å². The molecular formula is C15H19BrFNO3. The van der Waals surface area contributed by atoms with E-state index in [1.807, 2.05) is 6.07 Å². The Balaban J connectivity index is 1.75. The standard InChI is InChI=1S/C15H19BrFNO3/c16-12-2-1-11(14(17)9-12)10-18-6-3-13(4-7-18)21-8-5-15(19)20/h1-2,9,13H,3-8,10H2,(H,19,20). The normalized spacial score (nSPS) is 17.0. The second-order valence-electron chi connectivity index (χ2n) is 5.23. The Kier molecular flexibility index (Phi) is 6.14. The van der Waals surface area contributed by atoms with Gasteiger partial charge < -0.3 is 9.84 Å². The average molecular weight is 360 g/mol. The second-order valence-corrected chi connectivity index (χ2v) is 6.14. The quantitative estimate of drug-likeness (QED) is 0.847. The van der Waals surface area contributed by atoms with Crippen LogP contribution in [0.4, 0.5) is 4.39 Å². The summed E-state index contributed by atoms with van der Waals surface area (Å²) in [4.78, 5) is 12.6. The lowest BCUT2D eigenvalue weighted by atomic mass is 10.1. The molecule has 1 N–H and O–H groups in total. The summed E-state index contributed by atoms with van der Waals surface area (Å²) in [6.07, 6.45) is 1.88. The van der Waals surface area contributed by atoms with Crippen LogP contribution >= 0.6 is 15.9 Å². The molecule has 1 heterocycles. The van der Waals surface area contributed by atoms with Gasteiger partial charge in [-0.3, -0.25) is 9.69 Å². The third-order valence-electron chi connectivity index (χ3n) is 3.61. The summed E-state index contributed by atoms with van der Waals surface area (Å²) in [7, 11) is 0. The van der Waals surface area contributed by atoms with E-state index in [4.69, 9.17) is 9.84 Å². The van der Waals surface area contributed by atoms with E-state index in [0.717, 1.165) is 30.4 Å². The van der Waals surface area contributed by atoms with Gasteiger partial charge in [-0.2, -0.15) is 0 Å². The largest absolute Gasteiger partial charge is 0.481 e. The van der Waals surface area contributed by atoms with Gasteiger partial charge in [0, 0.05) is 29.7 Å². The molecule has 1 saturated heterocycles. The van der Waals surface area contributed by atoms with Gasteiger partial charge in [-0.15, -0.1) is 0 Å². The van der Waals surface area contributed by atoms with Gasteiger partial charge in [0.15, 0.2) is 0 Å². The van der Waals surface area contributed by atoms with E-state index in [2.05, 4.69) is 20.8 Å². The van der Waals surface area contributed by atoms with Crippen molar-refractivity contribution in [1.29, 1.82) is 0 Å². The summed E-state index contributed by atoms with van der Waals surface area (Å²) >= 11 is 3.25. The molecule has 1 aliphatic rings. The highest BCUT2D eigenvalue weighted by molar-refractivity contribution is 9.10. The minimum absolute atomic E-state index is 0.0460. The Morgan fingerprint density at radius 2 is 2.14 bits per heavy atom. The fraction of sp³-hybridized carbons (Fsp3) is 0.533. The molecule has 0 unspecified atom stereocenters. The number of aliphatic carboxylic acids is 1. The van der Waals surface area contributed by atoms with Crippen LogP contribution in [0.15, 0.2) is 22.7 Å². The van der Waals surface area contributed by atoms with E-state index < -0.39 is 5.97 Å². The lowest BCUT2D eigenvalue weighted by Crippen LogP contribution is -2.37. The monoisotopic (exact) mass is 359 g/mol. The fourth-order valence-electron chi connectivity index (χ4n) is 2.44. The van der Waals surface area contributed by atoms with E-state index in [9.17, 15) is 9.18 Å². The molecule has 0 spiro atoms. The Labute approximate surface area is 132 Å². The average Bonchev–Trinajstić information content (AvgIpc) is 2.43. The summed E-state index contributed by atoms with van der Waals surface area (Å²) in [5.41, 5.74) is 0.698. The van der Waals surface area contributed by atoms with Crippen molar-refractivity contribution in [3.63, 3.8) is 0 Å². The third-order valence-corrected chi connectivity index (χ3v) is 4.11. The maximum atomic E-state index is 13.8. The molecular weight excluding hydrogens is 341 g/mol. The van der Waals surface area contributed by atoms with Crippen molar-refractivity contribution < 1.29 is 19.0 Å². The highest BCUT2D eigenvalue weighted by atomic mass is 79.9. The summed E-state index contributed by atoms with van der Waals surface area (Å²) in [6.45, 7) is 2.54. The Bertz CT molecular complexity index is 490. The Morgan fingerprint density at radius 3 is 2.76 bits per heavy atom. The minimum atomic E-state index is -0.835. The van der Waals surface area contributed by atoms with E-state index >= 15 is 0 Å². The Morgan fingerprint density at radius 1 is 1.43 bits per heavy atom. The van der Waals surface area contributed by atoms with Crippen LogP contribution in [-0.4, -0.2) is 41.8 Å². The van der Waals surface area contributed by atoms with Gasteiger partial charge in [0.25, 0.3) is 0 Å². The molecule has 1 fully saturated rings. The first-order chi connectivity index (χ1) is 10.0. The van der Waals surface area contributed by atoms with Crippen LogP contribution in [0.5, 0.6) is 0 Å². The smallest absolute Gasteiger partial charge is 0.305 e. The number of ether oxygens (including phenoxy) is 1. The van der Waals surface area contributed by atoms with Crippen molar-refractivity contribution in [2.24, 2.45) is 0 Å². The van der Waals surface area contributed by atoms with Crippen LogP contribution in [0.25, 0.3) is 0 Å². The minimum Gasteiger partial charge on any atom is -0.481 e. The molecule has 2 rings (SSSR count).